The first-order valence-corrected chi connectivity index (χ1v) is 9.74. The second-order valence-electron chi connectivity index (χ2n) is 6.89. The molecule has 0 atom stereocenters. The van der Waals surface area contributed by atoms with Crippen LogP contribution in [0.15, 0.2) is 64.8 Å². The van der Waals surface area contributed by atoms with Crippen molar-refractivity contribution in [1.29, 1.82) is 0 Å². The minimum absolute atomic E-state index is 0.00236. The lowest BCUT2D eigenvalue weighted by Gasteiger charge is -2.09. The van der Waals surface area contributed by atoms with Crippen molar-refractivity contribution in [1.82, 2.24) is 15.2 Å². The van der Waals surface area contributed by atoms with Gasteiger partial charge in [-0.1, -0.05) is 18.2 Å². The van der Waals surface area contributed by atoms with E-state index in [9.17, 15) is 24.5 Å². The number of nitro groups is 1. The summed E-state index contributed by atoms with van der Waals surface area (Å²) in [4.78, 5) is 51.7. The number of rotatable bonds is 7. The third-order valence-corrected chi connectivity index (χ3v) is 4.69. The zero-order valence-corrected chi connectivity index (χ0v) is 17.6. The average molecular weight is 464 g/mol. The Morgan fingerprint density at radius 2 is 2.00 bits per heavy atom. The number of carbonyl (C=O) groups excluding carboxylic acids is 3. The molecule has 0 bridgehead atoms. The van der Waals surface area contributed by atoms with Crippen LogP contribution in [0, 0.1) is 10.1 Å². The fraction of sp³-hybridized carbons (Fsp3) is 0.0909. The van der Waals surface area contributed by atoms with E-state index < -0.39 is 22.8 Å². The molecule has 0 saturated carbocycles. The van der Waals surface area contributed by atoms with Gasteiger partial charge in [0.25, 0.3) is 11.6 Å². The maximum atomic E-state index is 12.8. The van der Waals surface area contributed by atoms with Gasteiger partial charge in [0.2, 0.25) is 11.6 Å². The quantitative estimate of drug-likeness (QED) is 0.182. The van der Waals surface area contributed by atoms with Crippen LogP contribution >= 0.6 is 0 Å². The number of methoxy groups -OCH3 is 1. The normalized spacial score (nSPS) is 14.3. The van der Waals surface area contributed by atoms with E-state index in [0.717, 1.165) is 11.1 Å². The highest BCUT2D eigenvalue weighted by atomic mass is 16.6. The van der Waals surface area contributed by atoms with Gasteiger partial charge in [-0.3, -0.25) is 19.8 Å². The van der Waals surface area contributed by atoms with Crippen LogP contribution in [0.5, 0.6) is 11.6 Å². The number of imide groups is 1. The summed E-state index contributed by atoms with van der Waals surface area (Å²) >= 11 is 0. The minimum atomic E-state index is -0.678. The molecule has 1 aromatic carbocycles. The number of hydrogen-bond acceptors (Lipinski definition) is 9. The van der Waals surface area contributed by atoms with Crippen molar-refractivity contribution >= 4 is 29.7 Å². The van der Waals surface area contributed by atoms with Gasteiger partial charge >= 0.3 is 12.0 Å². The van der Waals surface area contributed by atoms with E-state index in [0.29, 0.717) is 11.3 Å². The monoisotopic (exact) mass is 464 g/mol. The number of para-hydroxylation sites is 1. The summed E-state index contributed by atoms with van der Waals surface area (Å²) in [5, 5.41) is 13.3. The number of carbonyl (C=O) groups is 3. The number of nitrogens with one attached hydrogen (secondary N) is 1. The van der Waals surface area contributed by atoms with E-state index in [1.807, 2.05) is 0 Å². The molecule has 3 aromatic rings. The number of nitrogens with zero attached hydrogens (tertiary/aromatic N) is 3. The fourth-order valence-electron chi connectivity index (χ4n) is 3.05. The summed E-state index contributed by atoms with van der Waals surface area (Å²) in [7, 11) is 1.21. The Hall–Kier alpha value is -5.00. The number of hydrogen-bond donors (Lipinski definition) is 1. The van der Waals surface area contributed by atoms with Crippen LogP contribution in [-0.2, 0) is 16.1 Å². The molecule has 1 N–H and O–H groups in total. The first-order valence-electron chi connectivity index (χ1n) is 9.74. The van der Waals surface area contributed by atoms with Gasteiger partial charge in [-0.2, -0.15) is 0 Å². The number of benzene rings is 1. The maximum absolute atomic E-state index is 12.8. The highest BCUT2D eigenvalue weighted by molar-refractivity contribution is 6.14. The predicted octanol–water partition coefficient (Wildman–Crippen LogP) is 3.25. The van der Waals surface area contributed by atoms with Gasteiger partial charge in [0.05, 0.1) is 18.6 Å². The molecule has 3 heterocycles. The smallest absolute Gasteiger partial charge is 0.373 e. The van der Waals surface area contributed by atoms with Crippen LogP contribution in [0.2, 0.25) is 0 Å². The minimum Gasteiger partial charge on any atom is -0.463 e. The van der Waals surface area contributed by atoms with Gasteiger partial charge in [0, 0.05) is 17.7 Å². The Morgan fingerprint density at radius 3 is 2.71 bits per heavy atom. The Morgan fingerprint density at radius 1 is 1.21 bits per heavy atom. The number of urea groups is 1. The molecule has 172 valence electrons. The Bertz CT molecular complexity index is 1310. The van der Waals surface area contributed by atoms with Crippen molar-refractivity contribution in [3.8, 4) is 11.6 Å². The van der Waals surface area contributed by atoms with Crippen LogP contribution in [0.4, 0.5) is 10.5 Å². The van der Waals surface area contributed by atoms with E-state index in [1.165, 1.54) is 37.5 Å². The molecule has 1 aliphatic rings. The van der Waals surface area contributed by atoms with Crippen molar-refractivity contribution in [2.75, 3.05) is 7.11 Å². The van der Waals surface area contributed by atoms with Gasteiger partial charge in [-0.25, -0.2) is 14.6 Å². The van der Waals surface area contributed by atoms with Gasteiger partial charge in [0.15, 0.2) is 0 Å². The molecular weight excluding hydrogens is 448 g/mol. The van der Waals surface area contributed by atoms with E-state index in [1.54, 1.807) is 24.3 Å². The number of furan rings is 1. The zero-order chi connectivity index (χ0) is 24.2. The molecule has 4 rings (SSSR count). The van der Waals surface area contributed by atoms with Gasteiger partial charge < -0.3 is 19.2 Å². The van der Waals surface area contributed by atoms with E-state index >= 15 is 0 Å². The molecule has 0 radical (unpaired) electrons. The third kappa shape index (κ3) is 4.60. The first kappa shape index (κ1) is 22.2. The van der Waals surface area contributed by atoms with Crippen LogP contribution < -0.4 is 10.1 Å². The van der Waals surface area contributed by atoms with Gasteiger partial charge in [-0.05, 0) is 24.3 Å². The Labute approximate surface area is 191 Å². The third-order valence-electron chi connectivity index (χ3n) is 4.69. The topological polar surface area (TPSA) is 154 Å². The number of aromatic nitrogens is 1. The van der Waals surface area contributed by atoms with E-state index in [-0.39, 0.29) is 35.3 Å². The molecule has 0 aliphatic carbocycles. The SMILES string of the molecule is COC(=O)c1ccc(CN2C(=O)NC(=Cc3ccccc3Oc3ccc([N+](=O)[O-])cn3)C2=O)o1. The lowest BCUT2D eigenvalue weighted by atomic mass is 10.1. The van der Waals surface area contributed by atoms with Crippen molar-refractivity contribution < 1.29 is 33.2 Å². The highest BCUT2D eigenvalue weighted by Crippen LogP contribution is 2.28. The fourth-order valence-corrected chi connectivity index (χ4v) is 3.05. The molecule has 2 aromatic heterocycles. The van der Waals surface area contributed by atoms with Crippen molar-refractivity contribution in [2.24, 2.45) is 0 Å². The number of amides is 3. The maximum Gasteiger partial charge on any atom is 0.373 e. The second kappa shape index (κ2) is 9.24. The predicted molar refractivity (Wildman–Crippen MR) is 115 cm³/mol. The molecule has 1 aliphatic heterocycles. The van der Waals surface area contributed by atoms with Crippen molar-refractivity contribution in [2.45, 2.75) is 6.54 Å². The summed E-state index contributed by atoms with van der Waals surface area (Å²) in [6.07, 6.45) is 2.50. The second-order valence-corrected chi connectivity index (χ2v) is 6.89. The largest absolute Gasteiger partial charge is 0.463 e. The highest BCUT2D eigenvalue weighted by Gasteiger charge is 2.34. The first-order chi connectivity index (χ1) is 16.4. The van der Waals surface area contributed by atoms with Crippen LogP contribution in [0.25, 0.3) is 6.08 Å². The zero-order valence-electron chi connectivity index (χ0n) is 17.6. The number of esters is 1. The van der Waals surface area contributed by atoms with Crippen LogP contribution in [0.1, 0.15) is 21.9 Å². The molecule has 34 heavy (non-hydrogen) atoms. The van der Waals surface area contributed by atoms with Crippen molar-refractivity contribution in [3.63, 3.8) is 0 Å². The molecule has 3 amide bonds. The van der Waals surface area contributed by atoms with Gasteiger partial charge in [-0.15, -0.1) is 0 Å². The standard InChI is InChI=1S/C22H16N4O8/c1-32-21(28)18-8-7-15(33-18)12-25-20(27)16(24-22(25)29)10-13-4-2-3-5-17(13)34-19-9-6-14(11-23-19)26(30)31/h2-11H,12H2,1H3,(H,24,29). The molecular formula is C22H16N4O8. The van der Waals surface area contributed by atoms with E-state index in [2.05, 4.69) is 15.0 Å². The molecule has 1 fully saturated rings. The van der Waals surface area contributed by atoms with E-state index in [4.69, 9.17) is 9.15 Å². The lowest BCUT2D eigenvalue weighted by Crippen LogP contribution is -2.30. The summed E-state index contributed by atoms with van der Waals surface area (Å²) < 4.78 is 15.6. The number of ether oxygens (including phenoxy) is 2. The molecule has 12 heteroatoms. The molecule has 12 nitrogen and oxygen atoms in total. The van der Waals surface area contributed by atoms with Crippen LogP contribution in [-0.4, -0.2) is 39.8 Å². The summed E-state index contributed by atoms with van der Waals surface area (Å²) in [5.74, 6) is -0.693. The lowest BCUT2D eigenvalue weighted by molar-refractivity contribution is -0.385. The van der Waals surface area contributed by atoms with Gasteiger partial charge in [0.1, 0.15) is 23.4 Å². The summed E-state index contributed by atoms with van der Waals surface area (Å²) in [6.45, 7) is -0.191. The molecule has 0 unspecified atom stereocenters. The Balaban J connectivity index is 1.52. The Kier molecular flexibility index (Phi) is 6.03. The number of pyridine rings is 1. The summed E-state index contributed by atoms with van der Waals surface area (Å²) in [6, 6.07) is 11.5. The summed E-state index contributed by atoms with van der Waals surface area (Å²) in [5.41, 5.74) is 0.272. The average Bonchev–Trinajstić information content (AvgIpc) is 3.40. The molecule has 1 saturated heterocycles. The van der Waals surface area contributed by atoms with Crippen LogP contribution in [0.3, 0.4) is 0 Å². The van der Waals surface area contributed by atoms with Crippen molar-refractivity contribution in [3.05, 3.63) is 87.6 Å². The molecule has 0 spiro atoms.